The molecule has 0 saturated carbocycles. The number of carbonyl (C=O) groups excluding carboxylic acids is 1. The van der Waals surface area contributed by atoms with Crippen LogP contribution in [0.4, 0.5) is 13.6 Å². The number of piperidine rings is 1. The van der Waals surface area contributed by atoms with Crippen LogP contribution in [-0.2, 0) is 10.3 Å². The Balaban J connectivity index is 2.16. The first-order chi connectivity index (χ1) is 18.4. The van der Waals surface area contributed by atoms with Crippen LogP contribution in [0, 0.1) is 23.5 Å². The number of likely N-dealkylation sites (N-methyl/N-ethyl adjacent to an activating group) is 1. The highest BCUT2D eigenvalue weighted by atomic mass is 19.2. The molecule has 9 heteroatoms. The third-order valence-electron chi connectivity index (χ3n) is 8.10. The average molecular weight is 556 g/mol. The van der Waals surface area contributed by atoms with E-state index in [-0.39, 0.29) is 30.6 Å². The van der Waals surface area contributed by atoms with Crippen LogP contribution in [0.2, 0.25) is 0 Å². The lowest BCUT2D eigenvalue weighted by atomic mass is 9.74. The first kappa shape index (κ1) is 33.4. The second-order valence-electron chi connectivity index (χ2n) is 11.8. The molecule has 2 rings (SSSR count). The number of rotatable bonds is 16. The largest absolute Gasteiger partial charge is 0.390 e. The van der Waals surface area contributed by atoms with Crippen LogP contribution in [0.5, 0.6) is 0 Å². The van der Waals surface area contributed by atoms with Crippen molar-refractivity contribution in [2.24, 2.45) is 11.8 Å². The zero-order valence-corrected chi connectivity index (χ0v) is 24.6. The summed E-state index contributed by atoms with van der Waals surface area (Å²) in [6, 6.07) is 3.63. The zero-order valence-electron chi connectivity index (χ0n) is 24.6. The SMILES string of the molecule is CC[C@H](CCC(C)(C)O)C[C@@H](CNC)NC(=O)N1CCC[C@@H]([C@@](O)(CCCCOC)c2cccc(F)c2F)C1. The normalized spacial score (nSPS) is 19.4. The molecular formula is C30H51F2N3O4. The molecule has 2 amide bonds. The number of unbranched alkanes of at least 4 members (excludes halogenated alkanes) is 1. The van der Waals surface area contributed by atoms with Crippen LogP contribution in [-0.4, -0.2) is 73.2 Å². The van der Waals surface area contributed by atoms with Crippen LogP contribution < -0.4 is 10.6 Å². The Bertz CT molecular complexity index is 882. The van der Waals surface area contributed by atoms with Gasteiger partial charge in [0.05, 0.1) is 11.2 Å². The van der Waals surface area contributed by atoms with Crippen LogP contribution in [0.3, 0.4) is 0 Å². The molecule has 1 aromatic rings. The molecule has 0 aromatic heterocycles. The molecule has 4 N–H and O–H groups in total. The fraction of sp³-hybridized carbons (Fsp3) is 0.767. The summed E-state index contributed by atoms with van der Waals surface area (Å²) < 4.78 is 34.3. The lowest BCUT2D eigenvalue weighted by Crippen LogP contribution is -2.54. The number of benzene rings is 1. The Morgan fingerprint density at radius 1 is 1.23 bits per heavy atom. The monoisotopic (exact) mass is 555 g/mol. The Labute approximate surface area is 233 Å². The minimum Gasteiger partial charge on any atom is -0.390 e. The maximum atomic E-state index is 15.0. The molecule has 1 aliphatic heterocycles. The summed E-state index contributed by atoms with van der Waals surface area (Å²) in [7, 11) is 3.46. The molecule has 1 saturated heterocycles. The van der Waals surface area contributed by atoms with E-state index in [1.807, 2.05) is 20.9 Å². The Kier molecular flexibility index (Phi) is 13.6. The van der Waals surface area contributed by atoms with Crippen molar-refractivity contribution >= 4 is 6.03 Å². The lowest BCUT2D eigenvalue weighted by molar-refractivity contribution is -0.0591. The Hall–Kier alpha value is -1.81. The summed E-state index contributed by atoms with van der Waals surface area (Å²) in [5, 5.41) is 28.4. The van der Waals surface area contributed by atoms with E-state index < -0.39 is 28.8 Å². The molecule has 1 fully saturated rings. The molecule has 0 radical (unpaired) electrons. The van der Waals surface area contributed by atoms with Crippen molar-refractivity contribution in [3.8, 4) is 0 Å². The predicted octanol–water partition coefficient (Wildman–Crippen LogP) is 4.95. The van der Waals surface area contributed by atoms with Gasteiger partial charge in [0.25, 0.3) is 0 Å². The van der Waals surface area contributed by atoms with Crippen molar-refractivity contribution in [3.05, 3.63) is 35.4 Å². The molecule has 0 bridgehead atoms. The number of ether oxygens (including phenoxy) is 1. The zero-order chi connectivity index (χ0) is 29.1. The number of nitrogens with one attached hydrogen (secondary N) is 2. The van der Waals surface area contributed by atoms with E-state index in [1.165, 1.54) is 12.1 Å². The molecule has 0 spiro atoms. The maximum absolute atomic E-state index is 15.0. The minimum absolute atomic E-state index is 0.0437. The molecule has 0 unspecified atom stereocenters. The Morgan fingerprint density at radius 2 is 1.97 bits per heavy atom. The van der Waals surface area contributed by atoms with E-state index in [9.17, 15) is 23.8 Å². The van der Waals surface area contributed by atoms with E-state index >= 15 is 0 Å². The highest BCUT2D eigenvalue weighted by Gasteiger charge is 2.43. The van der Waals surface area contributed by atoms with Crippen molar-refractivity contribution in [2.45, 2.75) is 95.8 Å². The van der Waals surface area contributed by atoms with Crippen LogP contribution in [0.1, 0.15) is 84.1 Å². The van der Waals surface area contributed by atoms with E-state index in [2.05, 4.69) is 17.6 Å². The van der Waals surface area contributed by atoms with Gasteiger partial charge in [-0.3, -0.25) is 0 Å². The number of hydrogen-bond donors (Lipinski definition) is 4. The third kappa shape index (κ3) is 10.3. The molecule has 1 aromatic carbocycles. The molecule has 224 valence electrons. The first-order valence-corrected chi connectivity index (χ1v) is 14.5. The van der Waals surface area contributed by atoms with Crippen molar-refractivity contribution in [3.63, 3.8) is 0 Å². The number of likely N-dealkylation sites (tertiary alicyclic amines) is 1. The van der Waals surface area contributed by atoms with Crippen LogP contribution >= 0.6 is 0 Å². The summed E-state index contributed by atoms with van der Waals surface area (Å²) >= 11 is 0. The quantitative estimate of drug-likeness (QED) is 0.217. The summed E-state index contributed by atoms with van der Waals surface area (Å²) in [4.78, 5) is 15.1. The van der Waals surface area contributed by atoms with Crippen molar-refractivity contribution < 1.29 is 28.5 Å². The number of methoxy groups -OCH3 is 1. The van der Waals surface area contributed by atoms with Crippen LogP contribution in [0.25, 0.3) is 0 Å². The van der Waals surface area contributed by atoms with Crippen molar-refractivity contribution in [2.75, 3.05) is 40.4 Å². The molecule has 4 atom stereocenters. The molecule has 0 aliphatic carbocycles. The average Bonchev–Trinajstić information content (AvgIpc) is 2.90. The second-order valence-corrected chi connectivity index (χ2v) is 11.8. The van der Waals surface area contributed by atoms with Gasteiger partial charge in [0.15, 0.2) is 11.6 Å². The summed E-state index contributed by atoms with van der Waals surface area (Å²) in [5.41, 5.74) is -2.37. The van der Waals surface area contributed by atoms with Gasteiger partial charge in [-0.2, -0.15) is 0 Å². The number of halogens is 2. The number of hydrogen-bond acceptors (Lipinski definition) is 5. The highest BCUT2D eigenvalue weighted by Crippen LogP contribution is 2.41. The maximum Gasteiger partial charge on any atom is 0.317 e. The summed E-state index contributed by atoms with van der Waals surface area (Å²) in [6.45, 7) is 7.67. The van der Waals surface area contributed by atoms with Gasteiger partial charge in [-0.15, -0.1) is 0 Å². The van der Waals surface area contributed by atoms with Gasteiger partial charge in [-0.1, -0.05) is 25.5 Å². The molecular weight excluding hydrogens is 504 g/mol. The van der Waals surface area contributed by atoms with E-state index in [1.54, 1.807) is 12.0 Å². The predicted molar refractivity (Wildman–Crippen MR) is 150 cm³/mol. The number of nitrogens with zero attached hydrogens (tertiary/aromatic N) is 1. The van der Waals surface area contributed by atoms with Gasteiger partial charge in [0.1, 0.15) is 0 Å². The van der Waals surface area contributed by atoms with Crippen LogP contribution in [0.15, 0.2) is 18.2 Å². The van der Waals surface area contributed by atoms with E-state index in [0.29, 0.717) is 57.7 Å². The lowest BCUT2D eigenvalue weighted by Gasteiger charge is -2.43. The van der Waals surface area contributed by atoms with Gasteiger partial charge >= 0.3 is 6.03 Å². The molecule has 39 heavy (non-hydrogen) atoms. The number of urea groups is 1. The smallest absolute Gasteiger partial charge is 0.317 e. The van der Waals surface area contributed by atoms with Gasteiger partial charge < -0.3 is 30.5 Å². The minimum atomic E-state index is -1.60. The van der Waals surface area contributed by atoms with Gasteiger partial charge in [0, 0.05) is 50.9 Å². The third-order valence-corrected chi connectivity index (χ3v) is 8.10. The number of amides is 2. The highest BCUT2D eigenvalue weighted by molar-refractivity contribution is 5.74. The molecule has 1 heterocycles. The number of carbonyl (C=O) groups is 1. The fourth-order valence-electron chi connectivity index (χ4n) is 5.74. The second kappa shape index (κ2) is 15.8. The summed E-state index contributed by atoms with van der Waals surface area (Å²) in [5.74, 6) is -2.09. The first-order valence-electron chi connectivity index (χ1n) is 14.5. The van der Waals surface area contributed by atoms with E-state index in [4.69, 9.17) is 4.74 Å². The molecule has 1 aliphatic rings. The standard InChI is InChI=1S/C30H51F2N3O4/c1-6-22(14-16-29(2,3)37)19-24(20-33-4)34-28(36)35-17-10-11-23(21-35)30(38,15-7-8-18-39-5)25-12-9-13-26(31)27(25)32/h9,12-13,22-24,33,37-38H,6-8,10-11,14-21H2,1-5H3,(H,34,36)/t22-,23-,24+,30+/m1/s1. The number of aliphatic hydroxyl groups is 2. The van der Waals surface area contributed by atoms with Crippen molar-refractivity contribution in [1.82, 2.24) is 15.5 Å². The summed E-state index contributed by atoms with van der Waals surface area (Å²) in [6.07, 6.45) is 6.09. The van der Waals surface area contributed by atoms with E-state index in [0.717, 1.165) is 25.3 Å². The van der Waals surface area contributed by atoms with Gasteiger partial charge in [-0.25, -0.2) is 13.6 Å². The van der Waals surface area contributed by atoms with Crippen molar-refractivity contribution in [1.29, 1.82) is 0 Å². The fourth-order valence-corrected chi connectivity index (χ4v) is 5.74. The topological polar surface area (TPSA) is 94.1 Å². The molecule has 7 nitrogen and oxygen atoms in total. The Morgan fingerprint density at radius 3 is 2.62 bits per heavy atom. The van der Waals surface area contributed by atoms with Gasteiger partial charge in [0.2, 0.25) is 0 Å². The van der Waals surface area contributed by atoms with Gasteiger partial charge in [-0.05, 0) is 84.2 Å².